The highest BCUT2D eigenvalue weighted by atomic mass is 32.2. The van der Waals surface area contributed by atoms with Crippen LogP contribution in [-0.2, 0) is 6.54 Å². The number of rotatable bonds is 6. The Bertz CT molecular complexity index is 1120. The van der Waals surface area contributed by atoms with Gasteiger partial charge in [0.15, 0.2) is 0 Å². The molecule has 0 amide bonds. The number of nitrogens with zero attached hydrogens (tertiary/aromatic N) is 2. The molecule has 1 heterocycles. The lowest BCUT2D eigenvalue weighted by Gasteiger charge is -2.12. The summed E-state index contributed by atoms with van der Waals surface area (Å²) in [4.78, 5) is 6.14. The van der Waals surface area contributed by atoms with Crippen LogP contribution < -0.4 is 0 Å². The molecule has 2 nitrogen and oxygen atoms in total. The average molecular weight is 391 g/mol. The zero-order valence-electron chi connectivity index (χ0n) is 16.2. The molecular formula is C24H23FN2S. The first-order valence-corrected chi connectivity index (χ1v) is 10.6. The van der Waals surface area contributed by atoms with E-state index in [-0.39, 0.29) is 5.82 Å². The van der Waals surface area contributed by atoms with E-state index >= 15 is 0 Å². The van der Waals surface area contributed by atoms with Gasteiger partial charge < -0.3 is 4.57 Å². The maximum Gasteiger partial charge on any atom is 0.141 e. The van der Waals surface area contributed by atoms with Gasteiger partial charge in [-0.3, -0.25) is 0 Å². The molecule has 0 fully saturated rings. The van der Waals surface area contributed by atoms with Crippen LogP contribution in [0.4, 0.5) is 4.39 Å². The van der Waals surface area contributed by atoms with Crippen molar-refractivity contribution in [3.05, 3.63) is 83.7 Å². The summed E-state index contributed by atoms with van der Waals surface area (Å²) in [6.45, 7) is 4.73. The highest BCUT2D eigenvalue weighted by molar-refractivity contribution is 7.99. The second kappa shape index (κ2) is 8.19. The van der Waals surface area contributed by atoms with Gasteiger partial charge in [0.1, 0.15) is 11.6 Å². The number of thioether (sulfide) groups is 1. The van der Waals surface area contributed by atoms with E-state index in [4.69, 9.17) is 4.98 Å². The first-order valence-electron chi connectivity index (χ1n) is 9.60. The number of halogens is 1. The maximum absolute atomic E-state index is 14.4. The number of imidazole rings is 1. The summed E-state index contributed by atoms with van der Waals surface area (Å²) in [5, 5.41) is 0. The summed E-state index contributed by atoms with van der Waals surface area (Å²) in [7, 11) is 0. The third-order valence-corrected chi connectivity index (χ3v) is 6.06. The van der Waals surface area contributed by atoms with Crippen LogP contribution in [0.5, 0.6) is 0 Å². The van der Waals surface area contributed by atoms with Gasteiger partial charge in [0.05, 0.1) is 17.6 Å². The van der Waals surface area contributed by atoms with Crippen LogP contribution in [0.15, 0.2) is 71.6 Å². The Morgan fingerprint density at radius 3 is 2.57 bits per heavy atom. The molecule has 0 atom stereocenters. The molecule has 0 aliphatic rings. The summed E-state index contributed by atoms with van der Waals surface area (Å²) in [5.41, 5.74) is 4.90. The minimum atomic E-state index is -0.184. The molecule has 0 bridgehead atoms. The SMILES string of the molecule is CCCSc1ccc2nc(-c3ccccc3C)n(Cc3ccccc3F)c2c1. The fraction of sp³-hybridized carbons (Fsp3) is 0.208. The van der Waals surface area contributed by atoms with Gasteiger partial charge in [0.25, 0.3) is 0 Å². The molecule has 0 N–H and O–H groups in total. The van der Waals surface area contributed by atoms with Crippen LogP contribution in [0.1, 0.15) is 24.5 Å². The Kier molecular flexibility index (Phi) is 5.49. The van der Waals surface area contributed by atoms with Crippen molar-refractivity contribution in [1.29, 1.82) is 0 Å². The van der Waals surface area contributed by atoms with E-state index in [1.54, 1.807) is 6.07 Å². The zero-order valence-corrected chi connectivity index (χ0v) is 17.0. The van der Waals surface area contributed by atoms with Crippen molar-refractivity contribution in [1.82, 2.24) is 9.55 Å². The largest absolute Gasteiger partial charge is 0.319 e. The van der Waals surface area contributed by atoms with Gasteiger partial charge in [0, 0.05) is 16.0 Å². The third-order valence-electron chi connectivity index (χ3n) is 4.86. The standard InChI is InChI=1S/C24H23FN2S/c1-3-14-28-19-12-13-22-23(15-19)27(16-18-9-5-7-11-21(18)25)24(26-22)20-10-6-4-8-17(20)2/h4-13,15H,3,14,16H2,1-2H3. The number of hydrogen-bond donors (Lipinski definition) is 0. The van der Waals surface area contributed by atoms with Crippen molar-refractivity contribution in [2.24, 2.45) is 0 Å². The second-order valence-corrected chi connectivity index (χ2v) is 8.10. The van der Waals surface area contributed by atoms with Gasteiger partial charge in [-0.05, 0) is 48.9 Å². The summed E-state index contributed by atoms with van der Waals surface area (Å²) in [5.74, 6) is 1.78. The van der Waals surface area contributed by atoms with E-state index in [1.165, 1.54) is 11.0 Å². The molecule has 0 unspecified atom stereocenters. The number of aromatic nitrogens is 2. The molecule has 3 aromatic carbocycles. The molecule has 142 valence electrons. The van der Waals surface area contributed by atoms with Crippen LogP contribution in [-0.4, -0.2) is 15.3 Å². The van der Waals surface area contributed by atoms with Gasteiger partial charge in [-0.1, -0.05) is 49.4 Å². The average Bonchev–Trinajstić information content (AvgIpc) is 3.06. The molecule has 0 saturated carbocycles. The molecule has 4 rings (SSSR count). The second-order valence-electron chi connectivity index (χ2n) is 6.93. The Morgan fingerprint density at radius 2 is 1.79 bits per heavy atom. The molecule has 4 heteroatoms. The van der Waals surface area contributed by atoms with Crippen molar-refractivity contribution in [3.63, 3.8) is 0 Å². The zero-order chi connectivity index (χ0) is 19.5. The van der Waals surface area contributed by atoms with E-state index in [0.29, 0.717) is 12.1 Å². The van der Waals surface area contributed by atoms with E-state index in [0.717, 1.165) is 40.2 Å². The van der Waals surface area contributed by atoms with Crippen LogP contribution >= 0.6 is 11.8 Å². The van der Waals surface area contributed by atoms with Crippen LogP contribution in [0.2, 0.25) is 0 Å². The van der Waals surface area contributed by atoms with Gasteiger partial charge in [-0.15, -0.1) is 11.8 Å². The molecule has 0 aliphatic heterocycles. The lowest BCUT2D eigenvalue weighted by Crippen LogP contribution is -2.04. The van der Waals surface area contributed by atoms with Gasteiger partial charge in [0.2, 0.25) is 0 Å². The number of hydrogen-bond acceptors (Lipinski definition) is 2. The van der Waals surface area contributed by atoms with Crippen molar-refractivity contribution >= 4 is 22.8 Å². The van der Waals surface area contributed by atoms with Gasteiger partial charge in [-0.25, -0.2) is 9.37 Å². The highest BCUT2D eigenvalue weighted by Gasteiger charge is 2.16. The Labute approximate surface area is 169 Å². The van der Waals surface area contributed by atoms with Crippen LogP contribution in [0, 0.1) is 12.7 Å². The summed E-state index contributed by atoms with van der Waals surface area (Å²) in [6.07, 6.45) is 1.13. The summed E-state index contributed by atoms with van der Waals surface area (Å²) in [6, 6.07) is 21.6. The Morgan fingerprint density at radius 1 is 1.00 bits per heavy atom. The lowest BCUT2D eigenvalue weighted by atomic mass is 10.1. The topological polar surface area (TPSA) is 17.8 Å². The predicted octanol–water partition coefficient (Wildman–Crippen LogP) is 6.70. The molecular weight excluding hydrogens is 367 g/mol. The Balaban J connectivity index is 1.90. The molecule has 1 aromatic heterocycles. The van der Waals surface area contributed by atoms with Crippen molar-refractivity contribution in [3.8, 4) is 11.4 Å². The normalized spacial score (nSPS) is 11.2. The summed E-state index contributed by atoms with van der Waals surface area (Å²) < 4.78 is 16.5. The molecule has 0 aliphatic carbocycles. The van der Waals surface area contributed by atoms with Crippen molar-refractivity contribution in [2.45, 2.75) is 31.7 Å². The molecule has 0 radical (unpaired) electrons. The molecule has 0 saturated heterocycles. The first kappa shape index (κ1) is 18.8. The van der Waals surface area contributed by atoms with E-state index in [9.17, 15) is 4.39 Å². The fourth-order valence-electron chi connectivity index (χ4n) is 3.40. The van der Waals surface area contributed by atoms with Crippen LogP contribution in [0.25, 0.3) is 22.4 Å². The van der Waals surface area contributed by atoms with E-state index in [1.807, 2.05) is 36.0 Å². The Hall–Kier alpha value is -2.59. The summed E-state index contributed by atoms with van der Waals surface area (Å²) >= 11 is 1.85. The monoisotopic (exact) mass is 390 g/mol. The molecule has 4 aromatic rings. The van der Waals surface area contributed by atoms with Gasteiger partial charge >= 0.3 is 0 Å². The predicted molar refractivity (Wildman–Crippen MR) is 116 cm³/mol. The fourth-order valence-corrected chi connectivity index (χ4v) is 4.20. The molecule has 0 spiro atoms. The smallest absolute Gasteiger partial charge is 0.141 e. The maximum atomic E-state index is 14.4. The minimum absolute atomic E-state index is 0.184. The highest BCUT2D eigenvalue weighted by Crippen LogP contribution is 2.31. The van der Waals surface area contributed by atoms with Crippen molar-refractivity contribution in [2.75, 3.05) is 5.75 Å². The minimum Gasteiger partial charge on any atom is -0.319 e. The van der Waals surface area contributed by atoms with E-state index in [2.05, 4.69) is 48.7 Å². The number of fused-ring (bicyclic) bond motifs is 1. The number of aryl methyl sites for hydroxylation is 1. The lowest BCUT2D eigenvalue weighted by molar-refractivity contribution is 0.602. The first-order chi connectivity index (χ1) is 13.7. The quantitative estimate of drug-likeness (QED) is 0.341. The van der Waals surface area contributed by atoms with Crippen molar-refractivity contribution < 1.29 is 4.39 Å². The van der Waals surface area contributed by atoms with Gasteiger partial charge in [-0.2, -0.15) is 0 Å². The van der Waals surface area contributed by atoms with E-state index < -0.39 is 0 Å². The molecule has 28 heavy (non-hydrogen) atoms. The number of benzene rings is 3. The van der Waals surface area contributed by atoms with Crippen LogP contribution in [0.3, 0.4) is 0 Å². The third kappa shape index (κ3) is 3.69.